The van der Waals surface area contributed by atoms with Crippen LogP contribution in [-0.4, -0.2) is 33.6 Å². The average molecular weight is 319 g/mol. The summed E-state index contributed by atoms with van der Waals surface area (Å²) < 4.78 is 0. The molecule has 5 nitrogen and oxygen atoms in total. The van der Waals surface area contributed by atoms with Gasteiger partial charge in [-0.05, 0) is 31.4 Å². The Kier molecular flexibility index (Phi) is 5.63. The fraction of sp³-hybridized carbons (Fsp3) is 0.438. The third kappa shape index (κ3) is 4.11. The van der Waals surface area contributed by atoms with Crippen LogP contribution in [0.25, 0.3) is 10.7 Å². The molecule has 2 N–H and O–H groups in total. The van der Waals surface area contributed by atoms with Gasteiger partial charge in [-0.1, -0.05) is 19.9 Å². The van der Waals surface area contributed by atoms with Gasteiger partial charge in [-0.15, -0.1) is 11.3 Å². The van der Waals surface area contributed by atoms with Crippen molar-refractivity contribution in [2.24, 2.45) is 5.92 Å². The highest BCUT2D eigenvalue weighted by Crippen LogP contribution is 2.26. The zero-order valence-corrected chi connectivity index (χ0v) is 13.9. The minimum atomic E-state index is -0.229. The van der Waals surface area contributed by atoms with E-state index in [1.807, 2.05) is 25.1 Å². The summed E-state index contributed by atoms with van der Waals surface area (Å²) in [6.45, 7) is 5.88. The SMILES string of the molecule is Cc1nc(-c2ccccn2)sc1C(=O)NC(CO)CC(C)C. The molecule has 6 heteroatoms. The lowest BCUT2D eigenvalue weighted by Crippen LogP contribution is -2.38. The Morgan fingerprint density at radius 2 is 2.18 bits per heavy atom. The maximum absolute atomic E-state index is 12.4. The number of amides is 1. The number of pyridine rings is 1. The quantitative estimate of drug-likeness (QED) is 0.858. The first-order chi connectivity index (χ1) is 10.5. The summed E-state index contributed by atoms with van der Waals surface area (Å²) in [7, 11) is 0. The number of aryl methyl sites for hydroxylation is 1. The van der Waals surface area contributed by atoms with Crippen LogP contribution >= 0.6 is 11.3 Å². The second-order valence-electron chi connectivity index (χ2n) is 5.63. The normalized spacial score (nSPS) is 12.4. The molecule has 0 saturated heterocycles. The minimum Gasteiger partial charge on any atom is -0.394 e. The molecular weight excluding hydrogens is 298 g/mol. The maximum atomic E-state index is 12.4. The number of aliphatic hydroxyl groups is 1. The zero-order valence-electron chi connectivity index (χ0n) is 13.0. The molecule has 0 spiro atoms. The van der Waals surface area contributed by atoms with E-state index < -0.39 is 0 Å². The molecule has 118 valence electrons. The summed E-state index contributed by atoms with van der Waals surface area (Å²) >= 11 is 1.32. The van der Waals surface area contributed by atoms with Gasteiger partial charge in [-0.3, -0.25) is 9.78 Å². The van der Waals surface area contributed by atoms with Crippen LogP contribution in [0.15, 0.2) is 24.4 Å². The molecule has 2 aromatic rings. The largest absolute Gasteiger partial charge is 0.394 e. The average Bonchev–Trinajstić information content (AvgIpc) is 2.89. The molecular formula is C16H21N3O2S. The highest BCUT2D eigenvalue weighted by molar-refractivity contribution is 7.17. The van der Waals surface area contributed by atoms with Crippen molar-refractivity contribution in [2.45, 2.75) is 33.2 Å². The maximum Gasteiger partial charge on any atom is 0.263 e. The number of rotatable bonds is 6. The third-order valence-corrected chi connectivity index (χ3v) is 4.38. The standard InChI is InChI=1S/C16H21N3O2S/c1-10(2)8-12(9-20)19-15(21)14-11(3)18-16(22-14)13-6-4-5-7-17-13/h4-7,10,12,20H,8-9H2,1-3H3,(H,19,21). The molecule has 0 radical (unpaired) electrons. The minimum absolute atomic E-state index is 0.0606. The summed E-state index contributed by atoms with van der Waals surface area (Å²) in [5.41, 5.74) is 1.44. The Morgan fingerprint density at radius 1 is 1.41 bits per heavy atom. The Bertz CT molecular complexity index is 626. The van der Waals surface area contributed by atoms with Crippen LogP contribution in [0.4, 0.5) is 0 Å². The molecule has 1 atom stereocenters. The van der Waals surface area contributed by atoms with Crippen LogP contribution in [0, 0.1) is 12.8 Å². The molecule has 1 unspecified atom stereocenters. The first-order valence-corrected chi connectivity index (χ1v) is 8.13. The van der Waals surface area contributed by atoms with Gasteiger partial charge in [0.15, 0.2) is 0 Å². The smallest absolute Gasteiger partial charge is 0.263 e. The van der Waals surface area contributed by atoms with Crippen molar-refractivity contribution < 1.29 is 9.90 Å². The van der Waals surface area contributed by atoms with E-state index in [1.165, 1.54) is 11.3 Å². The third-order valence-electron chi connectivity index (χ3n) is 3.20. The number of aromatic nitrogens is 2. The molecule has 2 heterocycles. The van der Waals surface area contributed by atoms with Gasteiger partial charge in [-0.2, -0.15) is 0 Å². The molecule has 0 aromatic carbocycles. The van der Waals surface area contributed by atoms with Crippen LogP contribution in [0.3, 0.4) is 0 Å². The van der Waals surface area contributed by atoms with E-state index in [-0.39, 0.29) is 18.6 Å². The molecule has 0 fully saturated rings. The van der Waals surface area contributed by atoms with E-state index in [0.717, 1.165) is 17.1 Å². The van der Waals surface area contributed by atoms with Crippen LogP contribution < -0.4 is 5.32 Å². The monoisotopic (exact) mass is 319 g/mol. The van der Waals surface area contributed by atoms with Gasteiger partial charge in [0.05, 0.1) is 24.0 Å². The predicted molar refractivity (Wildman–Crippen MR) is 87.9 cm³/mol. The number of aliphatic hydroxyl groups excluding tert-OH is 1. The first-order valence-electron chi connectivity index (χ1n) is 7.31. The summed E-state index contributed by atoms with van der Waals surface area (Å²) in [6, 6.07) is 5.38. The fourth-order valence-electron chi connectivity index (χ4n) is 2.21. The van der Waals surface area contributed by atoms with Gasteiger partial charge < -0.3 is 10.4 Å². The molecule has 0 aliphatic rings. The molecule has 1 amide bonds. The fourth-order valence-corrected chi connectivity index (χ4v) is 3.15. The number of carbonyl (C=O) groups excluding carboxylic acids is 1. The molecule has 22 heavy (non-hydrogen) atoms. The Labute approximate surface area is 134 Å². The molecule has 0 bridgehead atoms. The van der Waals surface area contributed by atoms with Gasteiger partial charge in [-0.25, -0.2) is 4.98 Å². The van der Waals surface area contributed by atoms with E-state index in [0.29, 0.717) is 16.5 Å². The number of hydrogen-bond acceptors (Lipinski definition) is 5. The van der Waals surface area contributed by atoms with Crippen molar-refractivity contribution in [2.75, 3.05) is 6.61 Å². The van der Waals surface area contributed by atoms with Crippen LogP contribution in [0.2, 0.25) is 0 Å². The number of thiazole rings is 1. The van der Waals surface area contributed by atoms with Crippen molar-refractivity contribution >= 4 is 17.2 Å². The van der Waals surface area contributed by atoms with E-state index in [1.54, 1.807) is 6.20 Å². The number of nitrogens with one attached hydrogen (secondary N) is 1. The molecule has 0 aliphatic heterocycles. The summed E-state index contributed by atoms with van der Waals surface area (Å²) in [6.07, 6.45) is 2.45. The molecule has 0 aliphatic carbocycles. The molecule has 2 aromatic heterocycles. The van der Waals surface area contributed by atoms with Gasteiger partial charge in [0.25, 0.3) is 5.91 Å². The number of hydrogen-bond donors (Lipinski definition) is 2. The van der Waals surface area contributed by atoms with Crippen molar-refractivity contribution in [3.8, 4) is 10.7 Å². The second-order valence-corrected chi connectivity index (χ2v) is 6.63. The van der Waals surface area contributed by atoms with E-state index in [4.69, 9.17) is 0 Å². The lowest BCUT2D eigenvalue weighted by atomic mass is 10.0. The summed E-state index contributed by atoms with van der Waals surface area (Å²) in [4.78, 5) is 21.6. The van der Waals surface area contributed by atoms with Gasteiger partial charge in [0.1, 0.15) is 9.88 Å². The Morgan fingerprint density at radius 3 is 2.77 bits per heavy atom. The van der Waals surface area contributed by atoms with Crippen molar-refractivity contribution in [1.82, 2.24) is 15.3 Å². The highest BCUT2D eigenvalue weighted by Gasteiger charge is 2.20. The van der Waals surface area contributed by atoms with E-state index in [9.17, 15) is 9.90 Å². The molecule has 2 rings (SSSR count). The van der Waals surface area contributed by atoms with E-state index in [2.05, 4.69) is 29.1 Å². The molecule has 0 saturated carbocycles. The predicted octanol–water partition coefficient (Wildman–Crippen LogP) is 2.65. The zero-order chi connectivity index (χ0) is 16.1. The number of carbonyl (C=O) groups is 1. The van der Waals surface area contributed by atoms with E-state index >= 15 is 0 Å². The van der Waals surface area contributed by atoms with Gasteiger partial charge in [0.2, 0.25) is 0 Å². The van der Waals surface area contributed by atoms with Crippen molar-refractivity contribution in [3.63, 3.8) is 0 Å². The van der Waals surface area contributed by atoms with Crippen molar-refractivity contribution in [1.29, 1.82) is 0 Å². The Balaban J connectivity index is 2.15. The highest BCUT2D eigenvalue weighted by atomic mass is 32.1. The van der Waals surface area contributed by atoms with Crippen LogP contribution in [-0.2, 0) is 0 Å². The van der Waals surface area contributed by atoms with Crippen LogP contribution in [0.5, 0.6) is 0 Å². The van der Waals surface area contributed by atoms with Crippen LogP contribution in [0.1, 0.15) is 35.6 Å². The van der Waals surface area contributed by atoms with Gasteiger partial charge >= 0.3 is 0 Å². The Hall–Kier alpha value is -1.79. The first kappa shape index (κ1) is 16.6. The lowest BCUT2D eigenvalue weighted by molar-refractivity contribution is 0.0911. The second kappa shape index (κ2) is 7.47. The lowest BCUT2D eigenvalue weighted by Gasteiger charge is -2.17. The summed E-state index contributed by atoms with van der Waals surface area (Å²) in [5.74, 6) is 0.223. The van der Waals surface area contributed by atoms with Gasteiger partial charge in [0, 0.05) is 6.20 Å². The topological polar surface area (TPSA) is 75.1 Å². The summed E-state index contributed by atoms with van der Waals surface area (Å²) in [5, 5.41) is 13.0. The van der Waals surface area contributed by atoms with Crippen molar-refractivity contribution in [3.05, 3.63) is 35.0 Å². The number of nitrogens with zero attached hydrogens (tertiary/aromatic N) is 2.